The molecule has 0 amide bonds. The average Bonchev–Trinajstić information content (AvgIpc) is 2.90. The van der Waals surface area contributed by atoms with E-state index in [0.29, 0.717) is 12.5 Å². The van der Waals surface area contributed by atoms with E-state index in [1.54, 1.807) is 0 Å². The van der Waals surface area contributed by atoms with Gasteiger partial charge in [-0.25, -0.2) is 9.78 Å². The van der Waals surface area contributed by atoms with Crippen LogP contribution in [0.5, 0.6) is 0 Å². The first-order chi connectivity index (χ1) is 17.4. The van der Waals surface area contributed by atoms with Crippen molar-refractivity contribution in [2.75, 3.05) is 36.1 Å². The second kappa shape index (κ2) is 12.0. The molecule has 36 heavy (non-hydrogen) atoms. The summed E-state index contributed by atoms with van der Waals surface area (Å²) < 4.78 is 11.1. The van der Waals surface area contributed by atoms with Crippen molar-refractivity contribution in [2.24, 2.45) is 5.92 Å². The fourth-order valence-corrected chi connectivity index (χ4v) is 4.22. The number of hydrogen-bond acceptors (Lipinski definition) is 7. The third kappa shape index (κ3) is 6.82. The van der Waals surface area contributed by atoms with E-state index >= 15 is 0 Å². The zero-order valence-corrected chi connectivity index (χ0v) is 21.5. The molecule has 0 radical (unpaired) electrons. The topological polar surface area (TPSA) is 67.8 Å². The molecule has 0 aliphatic carbocycles. The Labute approximate surface area is 214 Å². The number of anilines is 4. The average molecular weight is 489 g/mol. The fraction of sp³-hybridized carbons (Fsp3) is 0.414. The molecule has 2 aromatic carbocycles. The van der Waals surface area contributed by atoms with Crippen molar-refractivity contribution in [2.45, 2.75) is 45.6 Å². The summed E-state index contributed by atoms with van der Waals surface area (Å²) in [6.07, 6.45) is 6.36. The molecule has 0 spiro atoms. The first-order valence-corrected chi connectivity index (χ1v) is 12.7. The van der Waals surface area contributed by atoms with Gasteiger partial charge in [0.25, 0.3) is 0 Å². The zero-order valence-electron chi connectivity index (χ0n) is 21.5. The highest BCUT2D eigenvalue weighted by Gasteiger charge is 2.24. The number of ether oxygens (including phenoxy) is 2. The Morgan fingerprint density at radius 3 is 2.19 bits per heavy atom. The van der Waals surface area contributed by atoms with Crippen LogP contribution in [0.4, 0.5) is 23.0 Å². The molecule has 0 atom stereocenters. The van der Waals surface area contributed by atoms with Crippen molar-refractivity contribution in [1.82, 2.24) is 9.97 Å². The maximum absolute atomic E-state index is 12.0. The number of rotatable bonds is 10. The zero-order chi connectivity index (χ0) is 25.4. The lowest BCUT2D eigenvalue weighted by atomic mass is 9.98. The number of hydrogen-bond donors (Lipinski definition) is 0. The summed E-state index contributed by atoms with van der Waals surface area (Å²) in [6, 6.07) is 20.4. The van der Waals surface area contributed by atoms with Gasteiger partial charge in [0.1, 0.15) is 18.0 Å². The van der Waals surface area contributed by atoms with Crippen LogP contribution in [-0.2, 0) is 14.3 Å². The second-order valence-electron chi connectivity index (χ2n) is 9.77. The van der Waals surface area contributed by atoms with Crippen molar-refractivity contribution >= 4 is 29.0 Å². The third-order valence-electron chi connectivity index (χ3n) is 6.62. The Bertz CT molecular complexity index is 1060. The van der Waals surface area contributed by atoms with Crippen molar-refractivity contribution in [3.05, 3.63) is 73.1 Å². The number of aromatic nitrogens is 2. The summed E-state index contributed by atoms with van der Waals surface area (Å²) >= 11 is 0. The van der Waals surface area contributed by atoms with Crippen LogP contribution in [-0.4, -0.2) is 47.8 Å². The van der Waals surface area contributed by atoms with E-state index in [2.05, 4.69) is 39.0 Å². The number of nitrogens with zero attached hydrogens (tertiary/aromatic N) is 4. The molecule has 7 nitrogen and oxygen atoms in total. The van der Waals surface area contributed by atoms with E-state index in [-0.39, 0.29) is 12.6 Å². The van der Waals surface area contributed by atoms with E-state index in [1.807, 2.05) is 69.6 Å². The molecule has 1 aliphatic rings. The molecule has 0 bridgehead atoms. The molecule has 0 N–H and O–H groups in total. The minimum Gasteiger partial charge on any atom is -0.458 e. The maximum Gasteiger partial charge on any atom is 0.332 e. The number of para-hydroxylation sites is 2. The van der Waals surface area contributed by atoms with Gasteiger partial charge >= 0.3 is 5.97 Å². The van der Waals surface area contributed by atoms with Gasteiger partial charge in [0.2, 0.25) is 0 Å². The Balaban J connectivity index is 1.36. The smallest absolute Gasteiger partial charge is 0.332 e. The van der Waals surface area contributed by atoms with Crippen LogP contribution in [0.1, 0.15) is 40.0 Å². The molecule has 7 heteroatoms. The van der Waals surface area contributed by atoms with Crippen LogP contribution < -0.4 is 9.80 Å². The van der Waals surface area contributed by atoms with Crippen molar-refractivity contribution in [1.29, 1.82) is 0 Å². The van der Waals surface area contributed by atoms with Crippen LogP contribution in [0.15, 0.2) is 73.1 Å². The largest absolute Gasteiger partial charge is 0.458 e. The molecule has 4 rings (SSSR count). The predicted octanol–water partition coefficient (Wildman–Crippen LogP) is 5.91. The first-order valence-electron chi connectivity index (χ1n) is 12.7. The minimum absolute atomic E-state index is 0.00592. The Kier molecular flexibility index (Phi) is 8.54. The predicted molar refractivity (Wildman–Crippen MR) is 143 cm³/mol. The van der Waals surface area contributed by atoms with Crippen LogP contribution in [0.2, 0.25) is 0 Å². The van der Waals surface area contributed by atoms with Crippen LogP contribution in [0.25, 0.3) is 0 Å². The van der Waals surface area contributed by atoms with Crippen molar-refractivity contribution < 1.29 is 14.3 Å². The molecule has 0 saturated carbocycles. The normalized spacial score (nSPS) is 14.5. The summed E-state index contributed by atoms with van der Waals surface area (Å²) in [5.74, 6) is 1.76. The lowest BCUT2D eigenvalue weighted by Gasteiger charge is -2.33. The maximum atomic E-state index is 12.0. The summed E-state index contributed by atoms with van der Waals surface area (Å²) in [6.45, 7) is 8.15. The number of carbonyl (C=O) groups excluding carboxylic acids is 1. The Morgan fingerprint density at radius 1 is 1.00 bits per heavy atom. The molecule has 190 valence electrons. The summed E-state index contributed by atoms with van der Waals surface area (Å²) in [5.41, 5.74) is 1.62. The molecule has 2 heterocycles. The number of benzene rings is 2. The first kappa shape index (κ1) is 25.6. The molecule has 1 saturated heterocycles. The highest BCUT2D eigenvalue weighted by Crippen LogP contribution is 2.33. The van der Waals surface area contributed by atoms with Crippen LogP contribution in [0.3, 0.4) is 0 Å². The Hall–Kier alpha value is -3.45. The summed E-state index contributed by atoms with van der Waals surface area (Å²) in [5, 5.41) is 0. The lowest BCUT2D eigenvalue weighted by molar-refractivity contribution is -0.162. The monoisotopic (exact) mass is 488 g/mol. The molecular formula is C29H36N4O3. The molecular weight excluding hydrogens is 452 g/mol. The SMILES string of the molecule is CCC(C)(C)OC(=O)COCC1CCN(c2cncc(N(c3ccccc3)c3ccccc3)n2)CC1. The second-order valence-corrected chi connectivity index (χ2v) is 9.77. The van der Waals surface area contributed by atoms with E-state index in [9.17, 15) is 4.79 Å². The van der Waals surface area contributed by atoms with Gasteiger partial charge in [-0.05, 0) is 63.3 Å². The molecule has 0 unspecified atom stereocenters. The molecule has 1 aliphatic heterocycles. The standard InChI is InChI=1S/C29H36N4O3/c1-4-29(2,3)36-28(34)22-35-21-23-15-17-32(18-16-23)26-19-30-20-27(31-26)33(24-11-7-5-8-12-24)25-13-9-6-10-14-25/h5-14,19-20,23H,4,15-18,21-22H2,1-3H3. The number of esters is 1. The van der Waals surface area contributed by atoms with E-state index in [0.717, 1.165) is 55.4 Å². The minimum atomic E-state index is -0.446. The molecule has 1 aromatic heterocycles. The number of carbonyl (C=O) groups is 1. The lowest BCUT2D eigenvalue weighted by Crippen LogP contribution is -2.36. The highest BCUT2D eigenvalue weighted by molar-refractivity contribution is 5.74. The van der Waals surface area contributed by atoms with Crippen molar-refractivity contribution in [3.63, 3.8) is 0 Å². The van der Waals surface area contributed by atoms with Crippen molar-refractivity contribution in [3.8, 4) is 0 Å². The highest BCUT2D eigenvalue weighted by atomic mass is 16.6. The van der Waals surface area contributed by atoms with Gasteiger partial charge in [-0.2, -0.15) is 0 Å². The van der Waals surface area contributed by atoms with E-state index in [4.69, 9.17) is 14.5 Å². The summed E-state index contributed by atoms with van der Waals surface area (Å²) in [7, 11) is 0. The van der Waals surface area contributed by atoms with Gasteiger partial charge in [0, 0.05) is 24.5 Å². The Morgan fingerprint density at radius 2 is 1.61 bits per heavy atom. The van der Waals surface area contributed by atoms with Crippen LogP contribution >= 0.6 is 0 Å². The fourth-order valence-electron chi connectivity index (χ4n) is 4.22. The van der Waals surface area contributed by atoms with Gasteiger partial charge in [0.05, 0.1) is 19.0 Å². The number of piperidine rings is 1. The third-order valence-corrected chi connectivity index (χ3v) is 6.62. The van der Waals surface area contributed by atoms with Crippen LogP contribution in [0, 0.1) is 5.92 Å². The van der Waals surface area contributed by atoms with Gasteiger partial charge in [-0.1, -0.05) is 43.3 Å². The van der Waals surface area contributed by atoms with Gasteiger partial charge in [0.15, 0.2) is 5.82 Å². The quantitative estimate of drug-likeness (QED) is 0.329. The van der Waals surface area contributed by atoms with E-state index < -0.39 is 5.60 Å². The van der Waals surface area contributed by atoms with E-state index in [1.165, 1.54) is 0 Å². The molecule has 1 fully saturated rings. The molecule has 3 aromatic rings. The summed E-state index contributed by atoms with van der Waals surface area (Å²) in [4.78, 5) is 25.9. The van der Waals surface area contributed by atoms with Gasteiger partial charge < -0.3 is 14.4 Å². The van der Waals surface area contributed by atoms with Gasteiger partial charge in [-0.15, -0.1) is 0 Å². The van der Waals surface area contributed by atoms with Gasteiger partial charge in [-0.3, -0.25) is 9.88 Å².